The average Bonchev–Trinajstić information content (AvgIpc) is 2.54. The largest absolute Gasteiger partial charge is 0.454 e. The van der Waals surface area contributed by atoms with Crippen LogP contribution in [0.3, 0.4) is 0 Å². The molecule has 1 atom stereocenters. The number of hydrogen-bond donors (Lipinski definition) is 0. The Bertz CT molecular complexity index is 734. The van der Waals surface area contributed by atoms with E-state index in [1.54, 1.807) is 6.92 Å². The van der Waals surface area contributed by atoms with Crippen molar-refractivity contribution in [2.45, 2.75) is 19.6 Å². The highest BCUT2D eigenvalue weighted by molar-refractivity contribution is 5.93. The first kappa shape index (κ1) is 17.3. The first-order valence-electron chi connectivity index (χ1n) is 6.87. The van der Waals surface area contributed by atoms with Gasteiger partial charge in [0.2, 0.25) is 0 Å². The van der Waals surface area contributed by atoms with Crippen molar-refractivity contribution in [3.8, 4) is 5.75 Å². The SMILES string of the molecule is CC(OC(=O)c1ccccc1[N+](=O)[O-])c1ccc(OC(F)F)cc1. The Morgan fingerprint density at radius 2 is 1.75 bits per heavy atom. The van der Waals surface area contributed by atoms with Crippen LogP contribution < -0.4 is 4.74 Å². The van der Waals surface area contributed by atoms with Crippen LogP contribution in [-0.4, -0.2) is 17.5 Å². The Morgan fingerprint density at radius 3 is 2.33 bits per heavy atom. The molecule has 8 heteroatoms. The predicted molar refractivity (Wildman–Crippen MR) is 80.0 cm³/mol. The molecule has 24 heavy (non-hydrogen) atoms. The summed E-state index contributed by atoms with van der Waals surface area (Å²) in [6.45, 7) is -1.36. The molecule has 0 saturated heterocycles. The van der Waals surface area contributed by atoms with Crippen LogP contribution in [0.2, 0.25) is 0 Å². The first-order valence-corrected chi connectivity index (χ1v) is 6.87. The third-order valence-electron chi connectivity index (χ3n) is 3.18. The van der Waals surface area contributed by atoms with Gasteiger partial charge in [0.15, 0.2) is 0 Å². The van der Waals surface area contributed by atoms with Crippen LogP contribution in [0, 0.1) is 10.1 Å². The van der Waals surface area contributed by atoms with E-state index in [1.807, 2.05) is 0 Å². The van der Waals surface area contributed by atoms with Gasteiger partial charge < -0.3 is 9.47 Å². The van der Waals surface area contributed by atoms with Crippen LogP contribution in [0.4, 0.5) is 14.5 Å². The van der Waals surface area contributed by atoms with E-state index >= 15 is 0 Å². The Morgan fingerprint density at radius 1 is 1.12 bits per heavy atom. The standard InChI is InChI=1S/C16H13F2NO5/c1-10(11-6-8-12(9-7-11)24-16(17)18)23-15(20)13-4-2-3-5-14(13)19(21)22/h2-10,16H,1H3. The van der Waals surface area contributed by atoms with E-state index in [-0.39, 0.29) is 17.0 Å². The second-order valence-corrected chi connectivity index (χ2v) is 4.77. The summed E-state index contributed by atoms with van der Waals surface area (Å²) in [5.41, 5.74) is 0.0194. The van der Waals surface area contributed by atoms with Gasteiger partial charge in [-0.2, -0.15) is 8.78 Å². The second kappa shape index (κ2) is 7.49. The summed E-state index contributed by atoms with van der Waals surface area (Å²) in [6.07, 6.45) is -0.724. The molecule has 0 aromatic heterocycles. The number of para-hydroxylation sites is 1. The van der Waals surface area contributed by atoms with E-state index in [2.05, 4.69) is 4.74 Å². The van der Waals surface area contributed by atoms with Crippen LogP contribution in [-0.2, 0) is 4.74 Å². The molecular formula is C16H13F2NO5. The zero-order chi connectivity index (χ0) is 17.7. The zero-order valence-electron chi connectivity index (χ0n) is 12.5. The Labute approximate surface area is 135 Å². The molecule has 0 spiro atoms. The van der Waals surface area contributed by atoms with Crippen LogP contribution >= 0.6 is 0 Å². The number of carbonyl (C=O) groups is 1. The molecule has 2 aromatic rings. The molecule has 126 valence electrons. The zero-order valence-corrected chi connectivity index (χ0v) is 12.5. The first-order chi connectivity index (χ1) is 11.4. The van der Waals surface area contributed by atoms with Gasteiger partial charge in [0.05, 0.1) is 4.92 Å². The molecular weight excluding hydrogens is 324 g/mol. The fraction of sp³-hybridized carbons (Fsp3) is 0.188. The van der Waals surface area contributed by atoms with E-state index in [0.29, 0.717) is 5.56 Å². The highest BCUT2D eigenvalue weighted by Crippen LogP contribution is 2.25. The van der Waals surface area contributed by atoms with Gasteiger partial charge in [-0.05, 0) is 30.7 Å². The van der Waals surface area contributed by atoms with Gasteiger partial charge >= 0.3 is 12.6 Å². The van der Waals surface area contributed by atoms with E-state index in [9.17, 15) is 23.7 Å². The molecule has 0 radical (unpaired) electrons. The van der Waals surface area contributed by atoms with Crippen molar-refractivity contribution in [2.24, 2.45) is 0 Å². The minimum absolute atomic E-state index is 0.0222. The number of nitrogens with zero attached hydrogens (tertiary/aromatic N) is 1. The minimum atomic E-state index is -2.93. The minimum Gasteiger partial charge on any atom is -0.454 e. The quantitative estimate of drug-likeness (QED) is 0.450. The number of carbonyl (C=O) groups excluding carboxylic acids is 1. The van der Waals surface area contributed by atoms with Gasteiger partial charge in [0, 0.05) is 6.07 Å². The normalized spacial score (nSPS) is 11.8. The summed E-state index contributed by atoms with van der Waals surface area (Å²) < 4.78 is 33.6. The van der Waals surface area contributed by atoms with Gasteiger partial charge in [-0.1, -0.05) is 24.3 Å². The molecule has 0 bridgehead atoms. The molecule has 0 N–H and O–H groups in total. The lowest BCUT2D eigenvalue weighted by Crippen LogP contribution is -2.11. The van der Waals surface area contributed by atoms with Gasteiger partial charge in [-0.25, -0.2) is 4.79 Å². The third-order valence-corrected chi connectivity index (χ3v) is 3.18. The molecule has 0 heterocycles. The number of halogens is 2. The maximum Gasteiger partial charge on any atom is 0.387 e. The van der Waals surface area contributed by atoms with Crippen molar-refractivity contribution < 1.29 is 28.0 Å². The monoisotopic (exact) mass is 337 g/mol. The number of nitro groups is 1. The number of alkyl halides is 2. The number of benzene rings is 2. The maximum absolute atomic E-state index is 12.1. The number of esters is 1. The summed E-state index contributed by atoms with van der Waals surface area (Å²) in [6, 6.07) is 11.0. The summed E-state index contributed by atoms with van der Waals surface area (Å²) in [7, 11) is 0. The van der Waals surface area contributed by atoms with Crippen LogP contribution in [0.1, 0.15) is 28.9 Å². The molecule has 0 aliphatic carbocycles. The van der Waals surface area contributed by atoms with Gasteiger partial charge in [0.25, 0.3) is 5.69 Å². The Balaban J connectivity index is 2.10. The lowest BCUT2D eigenvalue weighted by molar-refractivity contribution is -0.385. The Kier molecular flexibility index (Phi) is 5.41. The van der Waals surface area contributed by atoms with E-state index in [4.69, 9.17) is 4.74 Å². The fourth-order valence-electron chi connectivity index (χ4n) is 2.02. The van der Waals surface area contributed by atoms with Crippen LogP contribution in [0.15, 0.2) is 48.5 Å². The number of hydrogen-bond acceptors (Lipinski definition) is 5. The van der Waals surface area contributed by atoms with Crippen molar-refractivity contribution in [3.63, 3.8) is 0 Å². The molecule has 2 rings (SSSR count). The molecule has 0 aliphatic rings. The second-order valence-electron chi connectivity index (χ2n) is 4.77. The van der Waals surface area contributed by atoms with Gasteiger partial charge in [-0.3, -0.25) is 10.1 Å². The average molecular weight is 337 g/mol. The topological polar surface area (TPSA) is 78.7 Å². The van der Waals surface area contributed by atoms with Crippen molar-refractivity contribution in [1.82, 2.24) is 0 Å². The van der Waals surface area contributed by atoms with Crippen molar-refractivity contribution in [2.75, 3.05) is 0 Å². The van der Waals surface area contributed by atoms with Gasteiger partial charge in [0.1, 0.15) is 17.4 Å². The molecule has 6 nitrogen and oxygen atoms in total. The summed E-state index contributed by atoms with van der Waals surface area (Å²) in [5.74, 6) is -0.867. The lowest BCUT2D eigenvalue weighted by atomic mass is 10.1. The van der Waals surface area contributed by atoms with E-state index in [1.165, 1.54) is 48.5 Å². The molecule has 0 aliphatic heterocycles. The summed E-state index contributed by atoms with van der Waals surface area (Å²) in [5, 5.41) is 10.9. The fourth-order valence-corrected chi connectivity index (χ4v) is 2.02. The molecule has 0 saturated carbocycles. The predicted octanol–water partition coefficient (Wildman–Crippen LogP) is 4.11. The van der Waals surface area contributed by atoms with Crippen LogP contribution in [0.25, 0.3) is 0 Å². The van der Waals surface area contributed by atoms with Gasteiger partial charge in [-0.15, -0.1) is 0 Å². The molecule has 0 fully saturated rings. The summed E-state index contributed by atoms with van der Waals surface area (Å²) in [4.78, 5) is 22.4. The number of rotatable bonds is 6. The van der Waals surface area contributed by atoms with E-state index < -0.39 is 23.6 Å². The van der Waals surface area contributed by atoms with Crippen LogP contribution in [0.5, 0.6) is 5.75 Å². The Hall–Kier alpha value is -3.03. The van der Waals surface area contributed by atoms with Crippen molar-refractivity contribution >= 4 is 11.7 Å². The number of nitro benzene ring substituents is 1. The number of ether oxygens (including phenoxy) is 2. The summed E-state index contributed by atoms with van der Waals surface area (Å²) >= 11 is 0. The molecule has 0 amide bonds. The highest BCUT2D eigenvalue weighted by Gasteiger charge is 2.22. The lowest BCUT2D eigenvalue weighted by Gasteiger charge is -2.14. The molecule has 1 unspecified atom stereocenters. The van der Waals surface area contributed by atoms with Crippen molar-refractivity contribution in [1.29, 1.82) is 0 Å². The van der Waals surface area contributed by atoms with Crippen molar-refractivity contribution in [3.05, 3.63) is 69.8 Å². The van der Waals surface area contributed by atoms with E-state index in [0.717, 1.165) is 0 Å². The third kappa shape index (κ3) is 4.25. The molecule has 2 aromatic carbocycles. The maximum atomic E-state index is 12.1. The smallest absolute Gasteiger partial charge is 0.387 e. The highest BCUT2D eigenvalue weighted by atomic mass is 19.3.